The van der Waals surface area contributed by atoms with Gasteiger partial charge in [-0.15, -0.1) is 0 Å². The topological polar surface area (TPSA) is 49.3 Å². The second-order valence-electron chi connectivity index (χ2n) is 6.87. The highest BCUT2D eigenvalue weighted by Crippen LogP contribution is 2.33. The summed E-state index contributed by atoms with van der Waals surface area (Å²) < 4.78 is 10.8. The van der Waals surface area contributed by atoms with E-state index in [0.717, 1.165) is 36.3 Å². The van der Waals surface area contributed by atoms with E-state index in [1.165, 1.54) is 17.7 Å². The molecular weight excluding hydrogens is 336 g/mol. The van der Waals surface area contributed by atoms with Gasteiger partial charge in [0.2, 0.25) is 6.79 Å². The first-order valence-corrected chi connectivity index (χ1v) is 9.75. The molecule has 0 spiro atoms. The SMILES string of the molecule is CN=C(NCC1(N(C)C)CCSC1)N(C)Cc1ccc2c(c1)OCO2. The Hall–Kier alpha value is -1.60. The van der Waals surface area contributed by atoms with Crippen LogP contribution >= 0.6 is 11.8 Å². The van der Waals surface area contributed by atoms with Gasteiger partial charge in [-0.05, 0) is 44.0 Å². The van der Waals surface area contributed by atoms with Crippen LogP contribution in [0.5, 0.6) is 11.5 Å². The number of aliphatic imine (C=N–C) groups is 1. The van der Waals surface area contributed by atoms with Gasteiger partial charge in [-0.2, -0.15) is 11.8 Å². The Morgan fingerprint density at radius 1 is 1.28 bits per heavy atom. The van der Waals surface area contributed by atoms with Crippen molar-refractivity contribution in [1.29, 1.82) is 0 Å². The van der Waals surface area contributed by atoms with Crippen LogP contribution in [0.1, 0.15) is 12.0 Å². The van der Waals surface area contributed by atoms with E-state index in [1.807, 2.05) is 30.9 Å². The third-order valence-electron chi connectivity index (χ3n) is 5.04. The molecular formula is C18H28N4O2S. The lowest BCUT2D eigenvalue weighted by Gasteiger charge is -2.37. The zero-order valence-electron chi connectivity index (χ0n) is 15.5. The molecule has 1 saturated heterocycles. The van der Waals surface area contributed by atoms with E-state index in [-0.39, 0.29) is 5.54 Å². The molecule has 0 radical (unpaired) electrons. The van der Waals surface area contributed by atoms with Crippen molar-refractivity contribution in [2.45, 2.75) is 18.5 Å². The predicted octanol–water partition coefficient (Wildman–Crippen LogP) is 1.86. The van der Waals surface area contributed by atoms with Gasteiger partial charge in [-0.25, -0.2) is 0 Å². The number of nitrogens with zero attached hydrogens (tertiary/aromatic N) is 3. The number of rotatable bonds is 5. The monoisotopic (exact) mass is 364 g/mol. The van der Waals surface area contributed by atoms with Crippen LogP contribution in [0.3, 0.4) is 0 Å². The quantitative estimate of drug-likeness (QED) is 0.636. The molecule has 3 rings (SSSR count). The molecule has 2 aliphatic rings. The maximum atomic E-state index is 5.47. The summed E-state index contributed by atoms with van der Waals surface area (Å²) >= 11 is 2.03. The van der Waals surface area contributed by atoms with Crippen molar-refractivity contribution >= 4 is 17.7 Å². The fourth-order valence-corrected chi connectivity index (χ4v) is 4.82. The fourth-order valence-electron chi connectivity index (χ4n) is 3.26. The average molecular weight is 365 g/mol. The Balaban J connectivity index is 1.61. The van der Waals surface area contributed by atoms with E-state index in [2.05, 4.69) is 47.3 Å². The van der Waals surface area contributed by atoms with E-state index in [4.69, 9.17) is 9.47 Å². The van der Waals surface area contributed by atoms with Gasteiger partial charge >= 0.3 is 0 Å². The Kier molecular flexibility index (Phi) is 5.64. The number of thioether (sulfide) groups is 1. The number of ether oxygens (including phenoxy) is 2. The van der Waals surface area contributed by atoms with Crippen molar-refractivity contribution < 1.29 is 9.47 Å². The van der Waals surface area contributed by atoms with Gasteiger partial charge in [0.1, 0.15) is 0 Å². The number of guanidine groups is 1. The molecule has 6 nitrogen and oxygen atoms in total. The van der Waals surface area contributed by atoms with Crippen molar-refractivity contribution in [3.8, 4) is 11.5 Å². The lowest BCUT2D eigenvalue weighted by molar-refractivity contribution is 0.174. The Morgan fingerprint density at radius 2 is 2.08 bits per heavy atom. The second-order valence-corrected chi connectivity index (χ2v) is 7.97. The van der Waals surface area contributed by atoms with Crippen LogP contribution in [0.15, 0.2) is 23.2 Å². The highest BCUT2D eigenvalue weighted by Gasteiger charge is 2.36. The molecule has 2 heterocycles. The predicted molar refractivity (Wildman–Crippen MR) is 104 cm³/mol. The van der Waals surface area contributed by atoms with Crippen molar-refractivity contribution in [3.63, 3.8) is 0 Å². The summed E-state index contributed by atoms with van der Waals surface area (Å²) in [6.07, 6.45) is 1.21. The molecule has 2 aliphatic heterocycles. The van der Waals surface area contributed by atoms with Crippen molar-refractivity contribution in [3.05, 3.63) is 23.8 Å². The minimum atomic E-state index is 0.209. The van der Waals surface area contributed by atoms with Gasteiger partial charge in [-0.1, -0.05) is 6.07 Å². The first-order chi connectivity index (χ1) is 12.0. The van der Waals surface area contributed by atoms with E-state index < -0.39 is 0 Å². The largest absolute Gasteiger partial charge is 0.454 e. The van der Waals surface area contributed by atoms with Gasteiger partial charge < -0.3 is 24.6 Å². The molecule has 1 aromatic rings. The van der Waals surface area contributed by atoms with Crippen LogP contribution in [0.4, 0.5) is 0 Å². The van der Waals surface area contributed by atoms with E-state index in [1.54, 1.807) is 0 Å². The molecule has 0 amide bonds. The number of hydrogen-bond donors (Lipinski definition) is 1. The molecule has 0 saturated carbocycles. The summed E-state index contributed by atoms with van der Waals surface area (Å²) in [7, 11) is 8.25. The average Bonchev–Trinajstić information content (AvgIpc) is 3.24. The molecule has 7 heteroatoms. The van der Waals surface area contributed by atoms with Crippen LogP contribution in [0.25, 0.3) is 0 Å². The van der Waals surface area contributed by atoms with Gasteiger partial charge in [0.05, 0.1) is 0 Å². The highest BCUT2D eigenvalue weighted by molar-refractivity contribution is 7.99. The summed E-state index contributed by atoms with van der Waals surface area (Å²) in [5, 5.41) is 3.57. The molecule has 1 fully saturated rings. The van der Waals surface area contributed by atoms with Crippen molar-refractivity contribution in [2.24, 2.45) is 4.99 Å². The first kappa shape index (κ1) is 18.2. The molecule has 138 valence electrons. The van der Waals surface area contributed by atoms with E-state index in [9.17, 15) is 0 Å². The maximum Gasteiger partial charge on any atom is 0.231 e. The number of benzene rings is 1. The third kappa shape index (κ3) is 3.98. The third-order valence-corrected chi connectivity index (χ3v) is 6.27. The molecule has 0 bridgehead atoms. The molecule has 1 atom stereocenters. The lowest BCUT2D eigenvalue weighted by atomic mass is 9.97. The zero-order valence-corrected chi connectivity index (χ0v) is 16.4. The second kappa shape index (κ2) is 7.74. The molecule has 1 N–H and O–H groups in total. The van der Waals surface area contributed by atoms with Gasteiger partial charge in [0.25, 0.3) is 0 Å². The van der Waals surface area contributed by atoms with Crippen LogP contribution in [0, 0.1) is 0 Å². The van der Waals surface area contributed by atoms with E-state index >= 15 is 0 Å². The Labute approximate surface area is 154 Å². The summed E-state index contributed by atoms with van der Waals surface area (Å²) in [5.41, 5.74) is 1.38. The summed E-state index contributed by atoms with van der Waals surface area (Å²) in [6, 6.07) is 6.09. The van der Waals surface area contributed by atoms with Crippen molar-refractivity contribution in [2.75, 3.05) is 53.0 Å². The Bertz CT molecular complexity index is 630. The van der Waals surface area contributed by atoms with Gasteiger partial charge in [0, 0.05) is 38.5 Å². The summed E-state index contributed by atoms with van der Waals surface area (Å²) in [5.74, 6) is 4.95. The van der Waals surface area contributed by atoms with Gasteiger partial charge in [-0.3, -0.25) is 4.99 Å². The smallest absolute Gasteiger partial charge is 0.231 e. The number of hydrogen-bond acceptors (Lipinski definition) is 5. The van der Waals surface area contributed by atoms with Crippen molar-refractivity contribution in [1.82, 2.24) is 15.1 Å². The maximum absolute atomic E-state index is 5.47. The standard InChI is InChI=1S/C18H28N4O2S/c1-19-17(20-11-18(21(2)3)7-8-25-12-18)22(4)10-14-5-6-15-16(9-14)24-13-23-15/h5-6,9H,7-8,10-13H2,1-4H3,(H,19,20). The summed E-state index contributed by atoms with van der Waals surface area (Å²) in [4.78, 5) is 8.95. The molecule has 0 aliphatic carbocycles. The minimum absolute atomic E-state index is 0.209. The number of likely N-dealkylation sites (N-methyl/N-ethyl adjacent to an activating group) is 1. The van der Waals surface area contributed by atoms with Crippen LogP contribution in [-0.2, 0) is 6.54 Å². The molecule has 0 aromatic heterocycles. The molecule has 1 aromatic carbocycles. The highest BCUT2D eigenvalue weighted by atomic mass is 32.2. The van der Waals surface area contributed by atoms with Gasteiger partial charge in [0.15, 0.2) is 17.5 Å². The van der Waals surface area contributed by atoms with E-state index in [0.29, 0.717) is 6.79 Å². The molecule has 25 heavy (non-hydrogen) atoms. The first-order valence-electron chi connectivity index (χ1n) is 8.59. The summed E-state index contributed by atoms with van der Waals surface area (Å²) in [6.45, 7) is 1.98. The minimum Gasteiger partial charge on any atom is -0.454 e. The zero-order chi connectivity index (χ0) is 17.9. The lowest BCUT2D eigenvalue weighted by Crippen LogP contribution is -2.54. The molecule has 1 unspecified atom stereocenters. The Morgan fingerprint density at radius 3 is 2.76 bits per heavy atom. The number of nitrogens with one attached hydrogen (secondary N) is 1. The fraction of sp³-hybridized carbons (Fsp3) is 0.611. The normalized spacial score (nSPS) is 22.5. The van der Waals surface area contributed by atoms with Crippen LogP contribution in [-0.4, -0.2) is 74.3 Å². The van der Waals surface area contributed by atoms with Crippen LogP contribution < -0.4 is 14.8 Å². The number of fused-ring (bicyclic) bond motifs is 1. The van der Waals surface area contributed by atoms with Crippen LogP contribution in [0.2, 0.25) is 0 Å².